The molecule has 0 bridgehead atoms. The number of hydrogen-bond donors (Lipinski definition) is 1. The van der Waals surface area contributed by atoms with Crippen molar-refractivity contribution < 1.29 is 9.53 Å². The zero-order chi connectivity index (χ0) is 15.9. The van der Waals surface area contributed by atoms with Crippen molar-refractivity contribution in [2.75, 3.05) is 0 Å². The van der Waals surface area contributed by atoms with Gasteiger partial charge in [0.25, 0.3) is 11.9 Å². The van der Waals surface area contributed by atoms with Crippen LogP contribution in [0, 0.1) is 0 Å². The van der Waals surface area contributed by atoms with Crippen molar-refractivity contribution in [1.29, 1.82) is 0 Å². The average molecular weight is 323 g/mol. The number of hydrogen-bond acceptors (Lipinski definition) is 3. The molecule has 0 saturated heterocycles. The fourth-order valence-corrected chi connectivity index (χ4v) is 2.72. The maximum Gasteiger partial charge on any atom is 0.292 e. The predicted octanol–water partition coefficient (Wildman–Crippen LogP) is 4.18. The summed E-state index contributed by atoms with van der Waals surface area (Å²) in [6.45, 7) is 3.83. The molecule has 1 aromatic carbocycles. The number of aliphatic imine (C=N–C) groups is 1. The highest BCUT2D eigenvalue weighted by Gasteiger charge is 2.18. The molecule has 1 saturated carbocycles. The molecular weight excluding hydrogens is 300 g/mol. The second kappa shape index (κ2) is 8.18. The Bertz CT molecular complexity index is 537. The van der Waals surface area contributed by atoms with Gasteiger partial charge in [-0.15, -0.1) is 0 Å². The molecule has 0 atom stereocenters. The molecule has 0 aromatic heterocycles. The quantitative estimate of drug-likeness (QED) is 0.670. The molecule has 1 amide bonds. The van der Waals surface area contributed by atoms with Gasteiger partial charge in [-0.1, -0.05) is 43.0 Å². The standard InChI is InChI=1S/C17H23ClN2O2/c1-12(2)22-17(19-13-8-4-3-5-9-13)20-16(21)14-10-6-7-11-15(14)18/h6-7,10-13H,3-5,8-9H2,1-2H3,(H,19,20,21). The van der Waals surface area contributed by atoms with Gasteiger partial charge < -0.3 is 4.74 Å². The van der Waals surface area contributed by atoms with E-state index >= 15 is 0 Å². The Labute approximate surface area is 136 Å². The van der Waals surface area contributed by atoms with Gasteiger partial charge in [0, 0.05) is 0 Å². The predicted molar refractivity (Wildman–Crippen MR) is 89.4 cm³/mol. The molecule has 0 heterocycles. The van der Waals surface area contributed by atoms with Gasteiger partial charge in [0.1, 0.15) is 0 Å². The van der Waals surface area contributed by atoms with Gasteiger partial charge in [-0.25, -0.2) is 4.99 Å². The van der Waals surface area contributed by atoms with Crippen LogP contribution in [0.15, 0.2) is 29.3 Å². The number of carbonyl (C=O) groups is 1. The molecule has 22 heavy (non-hydrogen) atoms. The fraction of sp³-hybridized carbons (Fsp3) is 0.529. The summed E-state index contributed by atoms with van der Waals surface area (Å²) in [5.41, 5.74) is 0.424. The second-order valence-corrected chi connectivity index (χ2v) is 6.23. The number of nitrogens with one attached hydrogen (secondary N) is 1. The molecule has 1 aromatic rings. The first-order chi connectivity index (χ1) is 10.6. The molecule has 4 nitrogen and oxygen atoms in total. The number of amidine groups is 1. The van der Waals surface area contributed by atoms with E-state index in [-0.39, 0.29) is 18.1 Å². The Balaban J connectivity index is 2.10. The van der Waals surface area contributed by atoms with Crippen LogP contribution < -0.4 is 5.32 Å². The zero-order valence-corrected chi connectivity index (χ0v) is 13.9. The van der Waals surface area contributed by atoms with Gasteiger partial charge in [0.05, 0.1) is 22.7 Å². The lowest BCUT2D eigenvalue weighted by atomic mass is 9.96. The van der Waals surface area contributed by atoms with Gasteiger partial charge >= 0.3 is 0 Å². The summed E-state index contributed by atoms with van der Waals surface area (Å²) in [5.74, 6) is -0.291. The largest absolute Gasteiger partial charge is 0.462 e. The summed E-state index contributed by atoms with van der Waals surface area (Å²) in [7, 11) is 0. The van der Waals surface area contributed by atoms with Crippen molar-refractivity contribution in [2.45, 2.75) is 58.1 Å². The number of amides is 1. The Morgan fingerprint density at radius 3 is 2.59 bits per heavy atom. The number of rotatable bonds is 3. The lowest BCUT2D eigenvalue weighted by Crippen LogP contribution is -2.35. The molecular formula is C17H23ClN2O2. The molecule has 120 valence electrons. The first-order valence-electron chi connectivity index (χ1n) is 7.86. The lowest BCUT2D eigenvalue weighted by Gasteiger charge is -2.20. The van der Waals surface area contributed by atoms with Crippen LogP contribution in [0.25, 0.3) is 0 Å². The Morgan fingerprint density at radius 2 is 1.95 bits per heavy atom. The number of carbonyl (C=O) groups excluding carboxylic acids is 1. The third-order valence-corrected chi connectivity index (χ3v) is 3.89. The Kier molecular flexibility index (Phi) is 6.25. The van der Waals surface area contributed by atoms with Crippen LogP contribution in [-0.4, -0.2) is 24.1 Å². The van der Waals surface area contributed by atoms with Crippen LogP contribution in [0.1, 0.15) is 56.3 Å². The molecule has 0 spiro atoms. The minimum atomic E-state index is -0.291. The summed E-state index contributed by atoms with van der Waals surface area (Å²) >= 11 is 6.06. The maximum atomic E-state index is 12.3. The zero-order valence-electron chi connectivity index (χ0n) is 13.1. The van der Waals surface area contributed by atoms with Gasteiger partial charge in [-0.3, -0.25) is 10.1 Å². The third kappa shape index (κ3) is 5.02. The maximum absolute atomic E-state index is 12.3. The molecule has 5 heteroatoms. The first-order valence-corrected chi connectivity index (χ1v) is 8.24. The number of halogens is 1. The number of nitrogens with zero attached hydrogens (tertiary/aromatic N) is 1. The second-order valence-electron chi connectivity index (χ2n) is 5.83. The molecule has 0 aliphatic heterocycles. The monoisotopic (exact) mass is 322 g/mol. The highest BCUT2D eigenvalue weighted by molar-refractivity contribution is 6.34. The highest BCUT2D eigenvalue weighted by atomic mass is 35.5. The van der Waals surface area contributed by atoms with Gasteiger partial charge in [0.15, 0.2) is 0 Å². The van der Waals surface area contributed by atoms with Crippen molar-refractivity contribution in [3.63, 3.8) is 0 Å². The van der Waals surface area contributed by atoms with E-state index in [4.69, 9.17) is 16.3 Å². The Morgan fingerprint density at radius 1 is 1.27 bits per heavy atom. The van der Waals surface area contributed by atoms with Crippen LogP contribution in [0.4, 0.5) is 0 Å². The third-order valence-electron chi connectivity index (χ3n) is 3.56. The van der Waals surface area contributed by atoms with E-state index in [9.17, 15) is 4.79 Å². The normalized spacial score (nSPS) is 16.6. The van der Waals surface area contributed by atoms with Gasteiger partial charge in [-0.05, 0) is 38.8 Å². The molecule has 1 aliphatic carbocycles. The van der Waals surface area contributed by atoms with Crippen LogP contribution in [0.5, 0.6) is 0 Å². The van der Waals surface area contributed by atoms with E-state index in [1.54, 1.807) is 24.3 Å². The number of benzene rings is 1. The van der Waals surface area contributed by atoms with Crippen LogP contribution in [0.3, 0.4) is 0 Å². The molecule has 1 fully saturated rings. The number of ether oxygens (including phenoxy) is 1. The van der Waals surface area contributed by atoms with Crippen LogP contribution in [-0.2, 0) is 4.74 Å². The summed E-state index contributed by atoms with van der Waals surface area (Å²) < 4.78 is 5.66. The minimum absolute atomic E-state index is 0.0473. The van der Waals surface area contributed by atoms with Crippen molar-refractivity contribution in [1.82, 2.24) is 5.32 Å². The molecule has 0 unspecified atom stereocenters. The summed E-state index contributed by atoms with van der Waals surface area (Å²) in [4.78, 5) is 16.9. The summed E-state index contributed by atoms with van der Waals surface area (Å²) in [6, 6.07) is 7.48. The molecule has 1 N–H and O–H groups in total. The van der Waals surface area contributed by atoms with Crippen LogP contribution in [0.2, 0.25) is 5.02 Å². The van der Waals surface area contributed by atoms with Crippen molar-refractivity contribution in [3.05, 3.63) is 34.9 Å². The summed E-state index contributed by atoms with van der Waals surface area (Å²) in [6.07, 6.45) is 5.68. The van der Waals surface area contributed by atoms with E-state index in [0.29, 0.717) is 16.6 Å². The van der Waals surface area contributed by atoms with E-state index in [1.807, 2.05) is 13.8 Å². The van der Waals surface area contributed by atoms with Crippen molar-refractivity contribution in [2.24, 2.45) is 4.99 Å². The van der Waals surface area contributed by atoms with Crippen molar-refractivity contribution in [3.8, 4) is 0 Å². The van der Waals surface area contributed by atoms with E-state index in [2.05, 4.69) is 10.3 Å². The van der Waals surface area contributed by atoms with Gasteiger partial charge in [-0.2, -0.15) is 0 Å². The van der Waals surface area contributed by atoms with E-state index in [0.717, 1.165) is 12.8 Å². The minimum Gasteiger partial charge on any atom is -0.462 e. The smallest absolute Gasteiger partial charge is 0.292 e. The van der Waals surface area contributed by atoms with Crippen molar-refractivity contribution >= 4 is 23.5 Å². The SMILES string of the molecule is CC(C)OC(=NC1CCCCC1)NC(=O)c1ccccc1Cl. The first kappa shape index (κ1) is 16.8. The topological polar surface area (TPSA) is 50.7 Å². The average Bonchev–Trinajstić information content (AvgIpc) is 2.48. The lowest BCUT2D eigenvalue weighted by molar-refractivity contribution is 0.0959. The van der Waals surface area contributed by atoms with Gasteiger partial charge in [0.2, 0.25) is 0 Å². The highest BCUT2D eigenvalue weighted by Crippen LogP contribution is 2.20. The molecule has 2 rings (SSSR count). The Hall–Kier alpha value is -1.55. The van der Waals surface area contributed by atoms with E-state index < -0.39 is 0 Å². The fourth-order valence-electron chi connectivity index (χ4n) is 2.50. The molecule has 1 aliphatic rings. The van der Waals surface area contributed by atoms with E-state index in [1.165, 1.54) is 19.3 Å². The molecule has 0 radical (unpaired) electrons. The van der Waals surface area contributed by atoms with Crippen LogP contribution >= 0.6 is 11.6 Å². The summed E-state index contributed by atoms with van der Waals surface area (Å²) in [5, 5.41) is 3.18.